The van der Waals surface area contributed by atoms with Gasteiger partial charge in [0.1, 0.15) is 0 Å². The summed E-state index contributed by atoms with van der Waals surface area (Å²) in [4.78, 5) is 51.1. The summed E-state index contributed by atoms with van der Waals surface area (Å²) >= 11 is 3.19. The predicted octanol–water partition coefficient (Wildman–Crippen LogP) is 0.796. The summed E-state index contributed by atoms with van der Waals surface area (Å²) in [7, 11) is 4.60. The third kappa shape index (κ3) is 2.11. The molecule has 1 aromatic rings. The first-order chi connectivity index (χ1) is 11.3. The minimum Gasteiger partial charge on any atom is -0.468 e. The van der Waals surface area contributed by atoms with Gasteiger partial charge in [-0.3, -0.25) is 4.79 Å². The Labute approximate surface area is 145 Å². The number of hydrogen-bond acceptors (Lipinski definition) is 7. The van der Waals surface area contributed by atoms with Gasteiger partial charge in [-0.2, -0.15) is 0 Å². The van der Waals surface area contributed by atoms with Crippen molar-refractivity contribution < 1.29 is 33.4 Å². The lowest BCUT2D eigenvalue weighted by Gasteiger charge is -2.23. The molecule has 8 nitrogen and oxygen atoms in total. The van der Waals surface area contributed by atoms with Crippen LogP contribution in [0.2, 0.25) is 0 Å². The van der Waals surface area contributed by atoms with Gasteiger partial charge >= 0.3 is 17.9 Å². The van der Waals surface area contributed by atoms with Gasteiger partial charge in [-0.1, -0.05) is 0 Å². The number of benzene rings is 1. The van der Waals surface area contributed by atoms with Crippen LogP contribution in [0.5, 0.6) is 0 Å². The Kier molecular flexibility index (Phi) is 4.66. The highest BCUT2D eigenvalue weighted by molar-refractivity contribution is 9.10. The monoisotopic (exact) mass is 399 g/mol. The molecule has 128 valence electrons. The number of hydrogen-bond donors (Lipinski definition) is 0. The quantitative estimate of drug-likeness (QED) is 0.420. The zero-order chi connectivity index (χ0) is 18.2. The van der Waals surface area contributed by atoms with Gasteiger partial charge in [0.15, 0.2) is 0 Å². The third-order valence-electron chi connectivity index (χ3n) is 3.87. The molecule has 1 aliphatic rings. The first-order valence-corrected chi connectivity index (χ1v) is 7.44. The van der Waals surface area contributed by atoms with Gasteiger partial charge in [-0.15, -0.1) is 0 Å². The van der Waals surface area contributed by atoms with Crippen molar-refractivity contribution in [2.24, 2.45) is 0 Å². The molecule has 0 atom stereocenters. The van der Waals surface area contributed by atoms with E-state index < -0.39 is 29.2 Å². The molecule has 1 heterocycles. The molecule has 0 saturated heterocycles. The van der Waals surface area contributed by atoms with E-state index in [-0.39, 0.29) is 21.3 Å². The molecule has 2 rings (SSSR count). The van der Waals surface area contributed by atoms with E-state index in [0.29, 0.717) is 0 Å². The van der Waals surface area contributed by atoms with Gasteiger partial charge in [0.2, 0.25) is 0 Å². The Morgan fingerprint density at radius 3 is 2.04 bits per heavy atom. The van der Waals surface area contributed by atoms with Crippen molar-refractivity contribution in [2.75, 3.05) is 33.3 Å². The van der Waals surface area contributed by atoms with Crippen molar-refractivity contribution in [3.05, 3.63) is 27.7 Å². The smallest absolute Gasteiger partial charge is 0.339 e. The third-order valence-corrected chi connectivity index (χ3v) is 4.53. The maximum Gasteiger partial charge on any atom is 0.339 e. The highest BCUT2D eigenvalue weighted by atomic mass is 79.9. The zero-order valence-electron chi connectivity index (χ0n) is 13.3. The number of likely N-dealkylation sites (N-methyl/N-ethyl adjacent to an activating group) is 1. The van der Waals surface area contributed by atoms with Crippen LogP contribution in [0.4, 0.5) is 5.69 Å². The molecule has 1 aliphatic heterocycles. The van der Waals surface area contributed by atoms with E-state index >= 15 is 0 Å². The van der Waals surface area contributed by atoms with Crippen LogP contribution in [0.25, 0.3) is 0 Å². The van der Waals surface area contributed by atoms with Crippen LogP contribution in [0, 0.1) is 0 Å². The Bertz CT molecular complexity index is 742. The summed E-state index contributed by atoms with van der Waals surface area (Å²) in [6.45, 7) is 0. The Hall–Kier alpha value is -2.42. The van der Waals surface area contributed by atoms with Crippen molar-refractivity contribution in [1.29, 1.82) is 0 Å². The number of ether oxygens (including phenoxy) is 3. The lowest BCUT2D eigenvalue weighted by atomic mass is 9.79. The van der Waals surface area contributed by atoms with Crippen molar-refractivity contribution in [3.63, 3.8) is 0 Å². The molecule has 0 N–H and O–H groups in total. The topological polar surface area (TPSA) is 99.2 Å². The van der Waals surface area contributed by atoms with Crippen molar-refractivity contribution in [3.8, 4) is 0 Å². The zero-order valence-corrected chi connectivity index (χ0v) is 14.9. The molecule has 0 aliphatic carbocycles. The Balaban J connectivity index is 3.00. The number of fused-ring (bicyclic) bond motifs is 1. The molecular formula is C15H14BrNO7. The summed E-state index contributed by atoms with van der Waals surface area (Å²) in [5, 5.41) is 0. The normalized spacial score (nSPS) is 14.9. The van der Waals surface area contributed by atoms with Gasteiger partial charge in [0, 0.05) is 22.8 Å². The highest BCUT2D eigenvalue weighted by Gasteiger charge is 2.65. The highest BCUT2D eigenvalue weighted by Crippen LogP contribution is 2.47. The van der Waals surface area contributed by atoms with E-state index in [9.17, 15) is 19.2 Å². The fourth-order valence-electron chi connectivity index (χ4n) is 2.76. The van der Waals surface area contributed by atoms with Crippen LogP contribution >= 0.6 is 15.9 Å². The van der Waals surface area contributed by atoms with Gasteiger partial charge in [-0.05, 0) is 28.1 Å². The van der Waals surface area contributed by atoms with Gasteiger partial charge in [0.25, 0.3) is 11.3 Å². The van der Waals surface area contributed by atoms with E-state index in [1.165, 1.54) is 19.2 Å². The van der Waals surface area contributed by atoms with Crippen LogP contribution in [0.15, 0.2) is 16.6 Å². The second-order valence-electron chi connectivity index (χ2n) is 4.91. The maximum absolute atomic E-state index is 12.8. The van der Waals surface area contributed by atoms with Crippen molar-refractivity contribution in [2.45, 2.75) is 5.41 Å². The molecule has 24 heavy (non-hydrogen) atoms. The average molecular weight is 400 g/mol. The first-order valence-electron chi connectivity index (χ1n) is 6.65. The number of nitrogens with zero attached hydrogens (tertiary/aromatic N) is 1. The van der Waals surface area contributed by atoms with Crippen LogP contribution in [-0.2, 0) is 34.0 Å². The number of esters is 3. The number of carbonyl (C=O) groups excluding carboxylic acids is 4. The number of anilines is 1. The number of carbonyl (C=O) groups is 4. The minimum atomic E-state index is -2.43. The molecule has 0 radical (unpaired) electrons. The Morgan fingerprint density at radius 2 is 1.58 bits per heavy atom. The maximum atomic E-state index is 12.8. The van der Waals surface area contributed by atoms with Crippen LogP contribution in [0.1, 0.15) is 15.9 Å². The lowest BCUT2D eigenvalue weighted by Crippen LogP contribution is -2.53. The average Bonchev–Trinajstić information content (AvgIpc) is 2.81. The summed E-state index contributed by atoms with van der Waals surface area (Å²) in [6, 6.07) is 3.01. The summed E-state index contributed by atoms with van der Waals surface area (Å²) in [5.41, 5.74) is -2.47. The molecule has 0 unspecified atom stereocenters. The number of amides is 1. The predicted molar refractivity (Wildman–Crippen MR) is 84.6 cm³/mol. The molecule has 0 fully saturated rings. The van der Waals surface area contributed by atoms with E-state index in [1.54, 1.807) is 0 Å². The fraction of sp³-hybridized carbons (Fsp3) is 0.333. The molecule has 0 saturated carbocycles. The first kappa shape index (κ1) is 17.9. The second-order valence-corrected chi connectivity index (χ2v) is 5.76. The molecule has 0 aromatic heterocycles. The van der Waals surface area contributed by atoms with Gasteiger partial charge < -0.3 is 19.1 Å². The van der Waals surface area contributed by atoms with Crippen molar-refractivity contribution in [1.82, 2.24) is 0 Å². The molecule has 0 bridgehead atoms. The van der Waals surface area contributed by atoms with E-state index in [2.05, 4.69) is 25.4 Å². The number of halogens is 1. The largest absolute Gasteiger partial charge is 0.468 e. The van der Waals surface area contributed by atoms with E-state index in [0.717, 1.165) is 26.2 Å². The van der Waals surface area contributed by atoms with Gasteiger partial charge in [0.05, 0.1) is 26.9 Å². The minimum absolute atomic E-state index is 0.122. The Morgan fingerprint density at radius 1 is 1.04 bits per heavy atom. The fourth-order valence-corrected chi connectivity index (χ4v) is 3.26. The van der Waals surface area contributed by atoms with Crippen LogP contribution < -0.4 is 4.90 Å². The van der Waals surface area contributed by atoms with E-state index in [4.69, 9.17) is 4.74 Å². The molecule has 9 heteroatoms. The number of methoxy groups -OCH3 is 3. The second kappa shape index (κ2) is 6.23. The SMILES string of the molecule is COC(=O)c1c(Br)ccc2c1C(C(=O)OC)(C(=O)OC)C(=O)N2C. The van der Waals surface area contributed by atoms with E-state index in [1.807, 2.05) is 0 Å². The molecule has 1 aromatic carbocycles. The number of rotatable bonds is 3. The molecular weight excluding hydrogens is 386 g/mol. The van der Waals surface area contributed by atoms with Crippen LogP contribution in [0.3, 0.4) is 0 Å². The van der Waals surface area contributed by atoms with Crippen LogP contribution in [-0.4, -0.2) is 52.2 Å². The summed E-state index contributed by atoms with van der Waals surface area (Å²) in [5.74, 6) is -3.99. The lowest BCUT2D eigenvalue weighted by molar-refractivity contribution is -0.164. The van der Waals surface area contributed by atoms with Crippen molar-refractivity contribution >= 4 is 45.4 Å². The van der Waals surface area contributed by atoms with Gasteiger partial charge in [-0.25, -0.2) is 14.4 Å². The standard InChI is InChI=1S/C15H14BrNO7/c1-17-8-6-5-7(16)9(11(18)22-2)10(8)15(12(17)19,13(20)23-3)14(21)24-4/h5-6H,1-4H3. The summed E-state index contributed by atoms with van der Waals surface area (Å²) < 4.78 is 14.4. The molecule has 1 amide bonds. The summed E-state index contributed by atoms with van der Waals surface area (Å²) in [6.07, 6.45) is 0. The molecule has 0 spiro atoms.